The molecule has 0 saturated carbocycles. The number of anilines is 2. The normalized spacial score (nSPS) is 16.5. The summed E-state index contributed by atoms with van der Waals surface area (Å²) in [4.78, 5) is 10.5. The van der Waals surface area contributed by atoms with E-state index in [1.807, 2.05) is 4.90 Å². The Hall–Kier alpha value is -2.29. The Balaban J connectivity index is 1.82. The van der Waals surface area contributed by atoms with Crippen LogP contribution in [-0.4, -0.2) is 46.0 Å². The lowest BCUT2D eigenvalue weighted by molar-refractivity contribution is 0.0249. The van der Waals surface area contributed by atoms with Crippen LogP contribution in [0.15, 0.2) is 24.4 Å². The topological polar surface area (TPSA) is 125 Å². The molecule has 138 valence electrons. The van der Waals surface area contributed by atoms with Gasteiger partial charge in [-0.15, -0.1) is 0 Å². The highest BCUT2D eigenvalue weighted by Gasteiger charge is 2.31. The van der Waals surface area contributed by atoms with Gasteiger partial charge in [0.1, 0.15) is 17.3 Å². The molecule has 0 radical (unpaired) electrons. The molecule has 1 fully saturated rings. The molecule has 0 amide bonds. The van der Waals surface area contributed by atoms with Crippen molar-refractivity contribution in [3.05, 3.63) is 46.5 Å². The molecule has 2 heterocycles. The van der Waals surface area contributed by atoms with Gasteiger partial charge in [0.15, 0.2) is 5.82 Å². The van der Waals surface area contributed by atoms with Crippen LogP contribution in [0.25, 0.3) is 0 Å². The van der Waals surface area contributed by atoms with Gasteiger partial charge in [-0.05, 0) is 18.9 Å². The van der Waals surface area contributed by atoms with E-state index in [1.165, 1.54) is 24.4 Å². The first-order chi connectivity index (χ1) is 12.3. The monoisotopic (exact) mass is 378 g/mol. The van der Waals surface area contributed by atoms with E-state index in [1.54, 1.807) is 0 Å². The standard InChI is InChI=1S/C17H20ClFN6O/c18-13-10(2-1-3-11(13)19)14(21)15-16(22)24-12(8-23-15)25-6-4-17(26,9-20)5-7-25/h1-3,8,21,26H,4-7,9,20H2,(H2,22,24). The Morgan fingerprint density at radius 1 is 1.38 bits per heavy atom. The molecule has 2 aromatic rings. The molecule has 26 heavy (non-hydrogen) atoms. The number of aromatic nitrogens is 2. The summed E-state index contributed by atoms with van der Waals surface area (Å²) in [5.41, 5.74) is 11.0. The van der Waals surface area contributed by atoms with Crippen LogP contribution in [0.4, 0.5) is 16.0 Å². The summed E-state index contributed by atoms with van der Waals surface area (Å²) in [6.45, 7) is 1.38. The van der Waals surface area contributed by atoms with Gasteiger partial charge in [-0.25, -0.2) is 14.4 Å². The number of nitrogens with one attached hydrogen (secondary N) is 1. The average molecular weight is 379 g/mol. The van der Waals surface area contributed by atoms with E-state index in [4.69, 9.17) is 28.5 Å². The van der Waals surface area contributed by atoms with Gasteiger partial charge in [-0.2, -0.15) is 0 Å². The van der Waals surface area contributed by atoms with E-state index < -0.39 is 11.4 Å². The zero-order valence-electron chi connectivity index (χ0n) is 14.0. The first-order valence-corrected chi connectivity index (χ1v) is 8.55. The smallest absolute Gasteiger partial charge is 0.154 e. The quantitative estimate of drug-likeness (QED) is 0.598. The maximum atomic E-state index is 13.6. The zero-order chi connectivity index (χ0) is 18.9. The molecule has 1 saturated heterocycles. The Kier molecular flexibility index (Phi) is 5.08. The van der Waals surface area contributed by atoms with Gasteiger partial charge in [0.05, 0.1) is 22.5 Å². The molecule has 7 nitrogen and oxygen atoms in total. The Labute approximate surface area is 155 Å². The zero-order valence-corrected chi connectivity index (χ0v) is 14.8. The molecule has 0 unspecified atom stereocenters. The Bertz CT molecular complexity index is 838. The molecular weight excluding hydrogens is 359 g/mol. The second kappa shape index (κ2) is 7.14. The van der Waals surface area contributed by atoms with Crippen molar-refractivity contribution >= 4 is 28.9 Å². The van der Waals surface area contributed by atoms with Crippen LogP contribution in [0.2, 0.25) is 5.02 Å². The summed E-state index contributed by atoms with van der Waals surface area (Å²) in [5, 5.41) is 18.3. The van der Waals surface area contributed by atoms with Gasteiger partial charge in [0.2, 0.25) is 0 Å². The van der Waals surface area contributed by atoms with Crippen LogP contribution in [-0.2, 0) is 0 Å². The highest BCUT2D eigenvalue weighted by Crippen LogP contribution is 2.27. The molecular formula is C17H20ClFN6O. The molecule has 9 heteroatoms. The van der Waals surface area contributed by atoms with Crippen molar-refractivity contribution in [1.82, 2.24) is 9.97 Å². The number of nitrogen functional groups attached to an aromatic ring is 1. The third kappa shape index (κ3) is 3.48. The number of nitrogens with two attached hydrogens (primary N) is 2. The highest BCUT2D eigenvalue weighted by atomic mass is 35.5. The summed E-state index contributed by atoms with van der Waals surface area (Å²) in [7, 11) is 0. The van der Waals surface area contributed by atoms with Gasteiger partial charge < -0.3 is 21.5 Å². The molecule has 1 aliphatic rings. The molecule has 0 bridgehead atoms. The van der Waals surface area contributed by atoms with E-state index in [0.29, 0.717) is 31.7 Å². The second-order valence-corrected chi connectivity index (χ2v) is 6.73. The van der Waals surface area contributed by atoms with Gasteiger partial charge >= 0.3 is 0 Å². The van der Waals surface area contributed by atoms with E-state index in [0.717, 1.165) is 0 Å². The molecule has 3 rings (SSSR count). The van der Waals surface area contributed by atoms with Gasteiger partial charge in [0.25, 0.3) is 0 Å². The van der Waals surface area contributed by atoms with Crippen LogP contribution >= 0.6 is 11.6 Å². The lowest BCUT2D eigenvalue weighted by Gasteiger charge is -2.37. The first-order valence-electron chi connectivity index (χ1n) is 8.18. The maximum absolute atomic E-state index is 13.6. The summed E-state index contributed by atoms with van der Waals surface area (Å²) < 4.78 is 13.6. The SMILES string of the molecule is N=C(c1cccc(F)c1Cl)c1ncc(N2CCC(O)(CN)CC2)nc1N. The fraction of sp³-hybridized carbons (Fsp3) is 0.353. The summed E-state index contributed by atoms with van der Waals surface area (Å²) in [6.07, 6.45) is 2.57. The van der Waals surface area contributed by atoms with E-state index in [-0.39, 0.29) is 34.4 Å². The largest absolute Gasteiger partial charge is 0.388 e. The van der Waals surface area contributed by atoms with E-state index in [9.17, 15) is 9.50 Å². The van der Waals surface area contributed by atoms with Crippen LogP contribution in [0.1, 0.15) is 24.1 Å². The van der Waals surface area contributed by atoms with E-state index >= 15 is 0 Å². The number of aliphatic hydroxyl groups is 1. The minimum atomic E-state index is -0.842. The Morgan fingerprint density at radius 2 is 2.08 bits per heavy atom. The van der Waals surface area contributed by atoms with Crippen molar-refractivity contribution in [1.29, 1.82) is 5.41 Å². The van der Waals surface area contributed by atoms with Crippen molar-refractivity contribution in [3.63, 3.8) is 0 Å². The number of hydrogen-bond donors (Lipinski definition) is 4. The predicted molar refractivity (Wildman–Crippen MR) is 99.2 cm³/mol. The number of rotatable bonds is 4. The molecule has 1 aromatic carbocycles. The fourth-order valence-corrected chi connectivity index (χ4v) is 3.14. The average Bonchev–Trinajstić information content (AvgIpc) is 2.64. The van der Waals surface area contributed by atoms with Crippen LogP contribution in [0, 0.1) is 11.2 Å². The second-order valence-electron chi connectivity index (χ2n) is 6.35. The number of hydrogen-bond acceptors (Lipinski definition) is 7. The van der Waals surface area contributed by atoms with E-state index in [2.05, 4.69) is 9.97 Å². The number of piperidine rings is 1. The lowest BCUT2D eigenvalue weighted by Crippen LogP contribution is -2.49. The van der Waals surface area contributed by atoms with Gasteiger partial charge in [0, 0.05) is 25.2 Å². The molecule has 0 spiro atoms. The van der Waals surface area contributed by atoms with Crippen LogP contribution in [0.3, 0.4) is 0 Å². The summed E-state index contributed by atoms with van der Waals surface area (Å²) in [6, 6.07) is 4.21. The van der Waals surface area contributed by atoms with Crippen molar-refractivity contribution in [2.75, 3.05) is 30.3 Å². The van der Waals surface area contributed by atoms with Gasteiger partial charge in [-0.1, -0.05) is 23.7 Å². The maximum Gasteiger partial charge on any atom is 0.154 e. The van der Waals surface area contributed by atoms with Crippen molar-refractivity contribution in [2.24, 2.45) is 5.73 Å². The summed E-state index contributed by atoms with van der Waals surface area (Å²) in [5.74, 6) is 0.00808. The molecule has 1 aromatic heterocycles. The minimum absolute atomic E-state index is 0.0625. The summed E-state index contributed by atoms with van der Waals surface area (Å²) >= 11 is 5.94. The third-order valence-corrected chi connectivity index (χ3v) is 5.03. The predicted octanol–water partition coefficient (Wildman–Crippen LogP) is 1.56. The molecule has 6 N–H and O–H groups in total. The van der Waals surface area contributed by atoms with Gasteiger partial charge in [-0.3, -0.25) is 5.41 Å². The highest BCUT2D eigenvalue weighted by molar-refractivity contribution is 6.35. The fourth-order valence-electron chi connectivity index (χ4n) is 2.92. The number of benzene rings is 1. The Morgan fingerprint density at radius 3 is 2.69 bits per heavy atom. The third-order valence-electron chi connectivity index (χ3n) is 4.64. The van der Waals surface area contributed by atoms with Crippen LogP contribution in [0.5, 0.6) is 0 Å². The first kappa shape index (κ1) is 18.5. The number of nitrogens with zero attached hydrogens (tertiary/aromatic N) is 3. The van der Waals surface area contributed by atoms with Crippen molar-refractivity contribution < 1.29 is 9.50 Å². The molecule has 1 aliphatic heterocycles. The van der Waals surface area contributed by atoms with Crippen molar-refractivity contribution in [3.8, 4) is 0 Å². The van der Waals surface area contributed by atoms with Crippen molar-refractivity contribution in [2.45, 2.75) is 18.4 Å². The van der Waals surface area contributed by atoms with Crippen LogP contribution < -0.4 is 16.4 Å². The number of halogens is 2. The minimum Gasteiger partial charge on any atom is -0.388 e. The molecule has 0 atom stereocenters. The molecule has 0 aliphatic carbocycles. The lowest BCUT2D eigenvalue weighted by atomic mass is 9.92.